The summed E-state index contributed by atoms with van der Waals surface area (Å²) in [6.45, 7) is 8.66. The minimum Gasteiger partial charge on any atom is -0.357 e. The molecule has 3 heteroatoms. The number of para-hydroxylation sites is 1. The lowest BCUT2D eigenvalue weighted by Crippen LogP contribution is -2.48. The molecule has 1 aromatic rings. The maximum Gasteiger partial charge on any atom is 0.171 e. The van der Waals surface area contributed by atoms with Crippen molar-refractivity contribution in [1.82, 2.24) is 5.32 Å². The molecule has 0 saturated carbocycles. The predicted octanol–water partition coefficient (Wildman–Crippen LogP) is 3.41. The van der Waals surface area contributed by atoms with Crippen LogP contribution in [0, 0.1) is 5.92 Å². The van der Waals surface area contributed by atoms with Crippen molar-refractivity contribution < 1.29 is 0 Å². The van der Waals surface area contributed by atoms with Crippen LogP contribution in [0.5, 0.6) is 0 Å². The maximum absolute atomic E-state index is 5.28. The molecule has 0 heterocycles. The number of anilines is 1. The summed E-state index contributed by atoms with van der Waals surface area (Å²) < 4.78 is 0. The first-order valence-corrected chi connectivity index (χ1v) is 5.97. The van der Waals surface area contributed by atoms with E-state index in [1.54, 1.807) is 0 Å². The van der Waals surface area contributed by atoms with Crippen LogP contribution in [-0.4, -0.2) is 10.7 Å². The molecule has 0 fully saturated rings. The molecule has 0 spiro atoms. The molecule has 0 amide bonds. The van der Waals surface area contributed by atoms with Crippen molar-refractivity contribution in [2.45, 2.75) is 33.2 Å². The van der Waals surface area contributed by atoms with Crippen LogP contribution in [0.15, 0.2) is 30.3 Å². The van der Waals surface area contributed by atoms with Gasteiger partial charge in [-0.2, -0.15) is 0 Å². The fraction of sp³-hybridized carbons (Fsp3) is 0.462. The summed E-state index contributed by atoms with van der Waals surface area (Å²) in [5.41, 5.74) is 1.01. The van der Waals surface area contributed by atoms with Crippen LogP contribution in [-0.2, 0) is 0 Å². The molecule has 1 rings (SSSR count). The summed E-state index contributed by atoms with van der Waals surface area (Å²) in [4.78, 5) is 0. The fourth-order valence-corrected chi connectivity index (χ4v) is 1.50. The summed E-state index contributed by atoms with van der Waals surface area (Å²) in [5, 5.41) is 7.17. The molecule has 0 radical (unpaired) electrons. The average molecular weight is 236 g/mol. The Balaban J connectivity index is 2.55. The van der Waals surface area contributed by atoms with Gasteiger partial charge >= 0.3 is 0 Å². The minimum atomic E-state index is -0.00113. The van der Waals surface area contributed by atoms with E-state index in [4.69, 9.17) is 12.2 Å². The van der Waals surface area contributed by atoms with E-state index >= 15 is 0 Å². The van der Waals surface area contributed by atoms with Crippen LogP contribution in [0.4, 0.5) is 5.69 Å². The molecule has 0 aliphatic heterocycles. The summed E-state index contributed by atoms with van der Waals surface area (Å²) in [7, 11) is 0. The van der Waals surface area contributed by atoms with Gasteiger partial charge in [0.25, 0.3) is 0 Å². The van der Waals surface area contributed by atoms with Gasteiger partial charge in [-0.3, -0.25) is 0 Å². The van der Waals surface area contributed by atoms with E-state index in [2.05, 4.69) is 38.3 Å². The third-order valence-electron chi connectivity index (χ3n) is 2.91. The van der Waals surface area contributed by atoms with Gasteiger partial charge in [0.15, 0.2) is 5.11 Å². The topological polar surface area (TPSA) is 24.1 Å². The number of thiocarbonyl (C=S) groups is 1. The molecule has 0 bridgehead atoms. The maximum atomic E-state index is 5.28. The molecule has 0 unspecified atom stereocenters. The Morgan fingerprint density at radius 3 is 2.25 bits per heavy atom. The van der Waals surface area contributed by atoms with Gasteiger partial charge in [-0.15, -0.1) is 0 Å². The highest BCUT2D eigenvalue weighted by atomic mass is 32.1. The number of rotatable bonds is 3. The summed E-state index contributed by atoms with van der Waals surface area (Å²) in [6, 6.07) is 9.95. The van der Waals surface area contributed by atoms with Crippen LogP contribution in [0.3, 0.4) is 0 Å². The van der Waals surface area contributed by atoms with Crippen LogP contribution in [0.1, 0.15) is 27.7 Å². The Hall–Kier alpha value is -1.09. The van der Waals surface area contributed by atoms with Crippen molar-refractivity contribution in [3.63, 3.8) is 0 Å². The Bertz CT molecular complexity index is 344. The highest BCUT2D eigenvalue weighted by Crippen LogP contribution is 2.15. The van der Waals surface area contributed by atoms with Crippen LogP contribution in [0.2, 0.25) is 0 Å². The van der Waals surface area contributed by atoms with Gasteiger partial charge in [0, 0.05) is 11.2 Å². The molecule has 2 N–H and O–H groups in total. The lowest BCUT2D eigenvalue weighted by molar-refractivity contribution is 0.335. The Labute approximate surface area is 103 Å². The van der Waals surface area contributed by atoms with E-state index in [0.717, 1.165) is 5.69 Å². The molecular formula is C13H20N2S. The number of benzene rings is 1. The van der Waals surface area contributed by atoms with Crippen molar-refractivity contribution in [3.05, 3.63) is 30.3 Å². The molecule has 88 valence electrons. The average Bonchev–Trinajstić information content (AvgIpc) is 2.17. The van der Waals surface area contributed by atoms with Crippen molar-refractivity contribution >= 4 is 23.0 Å². The second-order valence-corrected chi connectivity index (χ2v) is 5.23. The Kier molecular flexibility index (Phi) is 4.30. The summed E-state index contributed by atoms with van der Waals surface area (Å²) in [6.07, 6.45) is 0. The number of nitrogens with one attached hydrogen (secondary N) is 2. The zero-order chi connectivity index (χ0) is 12.2. The molecular weight excluding hydrogens is 216 g/mol. The smallest absolute Gasteiger partial charge is 0.171 e. The van der Waals surface area contributed by atoms with Gasteiger partial charge in [0.05, 0.1) is 0 Å². The molecule has 0 aromatic heterocycles. The van der Waals surface area contributed by atoms with E-state index in [1.165, 1.54) is 0 Å². The largest absolute Gasteiger partial charge is 0.357 e. The third-order valence-corrected chi connectivity index (χ3v) is 3.11. The summed E-state index contributed by atoms with van der Waals surface area (Å²) >= 11 is 5.28. The molecule has 0 aliphatic rings. The predicted molar refractivity (Wildman–Crippen MR) is 74.7 cm³/mol. The van der Waals surface area contributed by atoms with Crippen molar-refractivity contribution in [2.75, 3.05) is 5.32 Å². The highest BCUT2D eigenvalue weighted by Gasteiger charge is 2.22. The van der Waals surface area contributed by atoms with Gasteiger partial charge in [0.2, 0.25) is 0 Å². The van der Waals surface area contributed by atoms with E-state index in [1.807, 2.05) is 30.3 Å². The Morgan fingerprint density at radius 1 is 1.19 bits per heavy atom. The van der Waals surface area contributed by atoms with E-state index in [-0.39, 0.29) is 5.54 Å². The SMILES string of the molecule is CC(C)C(C)(C)NC(=S)Nc1ccccc1. The lowest BCUT2D eigenvalue weighted by Gasteiger charge is -2.32. The first-order chi connectivity index (χ1) is 7.42. The first kappa shape index (κ1) is 13.0. The van der Waals surface area contributed by atoms with Gasteiger partial charge < -0.3 is 10.6 Å². The van der Waals surface area contributed by atoms with E-state index in [0.29, 0.717) is 11.0 Å². The number of hydrogen-bond donors (Lipinski definition) is 2. The molecule has 2 nitrogen and oxygen atoms in total. The zero-order valence-electron chi connectivity index (χ0n) is 10.4. The van der Waals surface area contributed by atoms with Gasteiger partial charge in [-0.05, 0) is 44.1 Å². The monoisotopic (exact) mass is 236 g/mol. The quantitative estimate of drug-likeness (QED) is 0.787. The first-order valence-electron chi connectivity index (χ1n) is 5.56. The minimum absolute atomic E-state index is 0.00113. The van der Waals surface area contributed by atoms with Crippen molar-refractivity contribution in [3.8, 4) is 0 Å². The lowest BCUT2D eigenvalue weighted by atomic mass is 9.91. The zero-order valence-corrected chi connectivity index (χ0v) is 11.2. The normalized spacial score (nSPS) is 11.3. The summed E-state index contributed by atoms with van der Waals surface area (Å²) in [5.74, 6) is 0.517. The van der Waals surface area contributed by atoms with E-state index < -0.39 is 0 Å². The Morgan fingerprint density at radius 2 is 1.75 bits per heavy atom. The van der Waals surface area contributed by atoms with Crippen molar-refractivity contribution in [1.29, 1.82) is 0 Å². The van der Waals surface area contributed by atoms with Gasteiger partial charge in [0.1, 0.15) is 0 Å². The van der Waals surface area contributed by atoms with Crippen LogP contribution >= 0.6 is 12.2 Å². The molecule has 16 heavy (non-hydrogen) atoms. The van der Waals surface area contributed by atoms with Gasteiger partial charge in [-0.1, -0.05) is 32.0 Å². The standard InChI is InChI=1S/C13H20N2S/c1-10(2)13(3,4)15-12(16)14-11-8-6-5-7-9-11/h5-10H,1-4H3,(H2,14,15,16). The second-order valence-electron chi connectivity index (χ2n) is 4.82. The van der Waals surface area contributed by atoms with Crippen molar-refractivity contribution in [2.24, 2.45) is 5.92 Å². The van der Waals surface area contributed by atoms with Crippen LogP contribution < -0.4 is 10.6 Å². The molecule has 0 aliphatic carbocycles. The molecule has 0 atom stereocenters. The van der Waals surface area contributed by atoms with Gasteiger partial charge in [-0.25, -0.2) is 0 Å². The second kappa shape index (κ2) is 5.30. The van der Waals surface area contributed by atoms with Crippen LogP contribution in [0.25, 0.3) is 0 Å². The molecule has 0 saturated heterocycles. The number of hydrogen-bond acceptors (Lipinski definition) is 1. The third kappa shape index (κ3) is 3.81. The van der Waals surface area contributed by atoms with E-state index in [9.17, 15) is 0 Å². The molecule has 1 aromatic carbocycles. The highest BCUT2D eigenvalue weighted by molar-refractivity contribution is 7.80. The fourth-order valence-electron chi connectivity index (χ4n) is 1.12.